The number of pyridine rings is 1. The van der Waals surface area contributed by atoms with Crippen LogP contribution in [0.1, 0.15) is 5.69 Å². The lowest BCUT2D eigenvalue weighted by molar-refractivity contribution is 0.475. The summed E-state index contributed by atoms with van der Waals surface area (Å²) < 4.78 is 6.74. The van der Waals surface area contributed by atoms with Crippen LogP contribution in [0.15, 0.2) is 36.5 Å². The van der Waals surface area contributed by atoms with Crippen molar-refractivity contribution in [1.29, 1.82) is 0 Å². The lowest BCUT2D eigenvalue weighted by atomic mass is 10.3. The number of hydrogen-bond acceptors (Lipinski definition) is 2. The van der Waals surface area contributed by atoms with Crippen molar-refractivity contribution in [1.82, 2.24) is 4.98 Å². The Morgan fingerprint density at radius 2 is 2.27 bits per heavy atom. The first-order valence-corrected chi connectivity index (χ1v) is 5.60. The van der Waals surface area contributed by atoms with Crippen LogP contribution in [-0.2, 0) is 0 Å². The minimum atomic E-state index is 0.791. The van der Waals surface area contributed by atoms with E-state index < -0.39 is 0 Å². The molecule has 0 aliphatic heterocycles. The Balaban J connectivity index is 2.26. The Labute approximate surface area is 102 Å². The predicted molar refractivity (Wildman–Crippen MR) is 67.0 cm³/mol. The quantitative estimate of drug-likeness (QED) is 0.791. The van der Waals surface area contributed by atoms with E-state index in [1.165, 1.54) is 0 Å². The van der Waals surface area contributed by atoms with Crippen molar-refractivity contribution in [3.05, 3.63) is 51.9 Å². The van der Waals surface area contributed by atoms with Crippen molar-refractivity contribution in [3.63, 3.8) is 0 Å². The number of aromatic nitrogens is 1. The van der Waals surface area contributed by atoms with E-state index in [-0.39, 0.29) is 0 Å². The van der Waals surface area contributed by atoms with E-state index in [9.17, 15) is 0 Å². The van der Waals surface area contributed by atoms with Gasteiger partial charge in [-0.15, -0.1) is 0 Å². The molecule has 0 bridgehead atoms. The minimum absolute atomic E-state index is 0.791. The normalized spacial score (nSPS) is 10.0. The number of aryl methyl sites for hydroxylation is 1. The molecule has 0 saturated carbocycles. The van der Waals surface area contributed by atoms with Crippen molar-refractivity contribution < 1.29 is 4.74 Å². The van der Waals surface area contributed by atoms with E-state index in [0.717, 1.165) is 20.8 Å². The molecule has 0 N–H and O–H groups in total. The van der Waals surface area contributed by atoms with Gasteiger partial charge in [0.2, 0.25) is 0 Å². The van der Waals surface area contributed by atoms with Crippen LogP contribution in [0.4, 0.5) is 0 Å². The summed E-state index contributed by atoms with van der Waals surface area (Å²) in [6.45, 7) is 1.93. The number of benzene rings is 1. The van der Waals surface area contributed by atoms with E-state index in [4.69, 9.17) is 4.74 Å². The maximum atomic E-state index is 5.70. The molecule has 0 fully saturated rings. The van der Waals surface area contributed by atoms with Gasteiger partial charge in [-0.25, -0.2) is 0 Å². The summed E-state index contributed by atoms with van der Waals surface area (Å²) in [5.41, 5.74) is 0.889. The first-order valence-electron chi connectivity index (χ1n) is 4.52. The van der Waals surface area contributed by atoms with Crippen LogP contribution in [0.5, 0.6) is 11.5 Å². The molecule has 3 heteroatoms. The average molecular weight is 310 g/mol. The van der Waals surface area contributed by atoms with Gasteiger partial charge in [-0.2, -0.15) is 0 Å². The zero-order chi connectivity index (χ0) is 10.7. The number of rotatable bonds is 2. The number of halogens is 1. The summed E-state index contributed by atoms with van der Waals surface area (Å²) in [4.78, 5) is 4.16. The van der Waals surface area contributed by atoms with E-state index >= 15 is 0 Å². The van der Waals surface area contributed by atoms with Crippen LogP contribution in [0.25, 0.3) is 0 Å². The molecule has 2 aromatic rings. The molecule has 2 rings (SSSR count). The highest BCUT2D eigenvalue weighted by Gasteiger charge is 2.01. The molecule has 0 saturated heterocycles. The largest absolute Gasteiger partial charge is 0.455 e. The topological polar surface area (TPSA) is 22.1 Å². The van der Waals surface area contributed by atoms with Gasteiger partial charge in [0.25, 0.3) is 0 Å². The Hall–Kier alpha value is -1.10. The second-order valence-electron chi connectivity index (χ2n) is 3.06. The Kier molecular flexibility index (Phi) is 3.20. The summed E-state index contributed by atoms with van der Waals surface area (Å²) in [6, 6.07) is 12.5. The van der Waals surface area contributed by atoms with Gasteiger partial charge in [0.15, 0.2) is 0 Å². The fraction of sp³-hybridized carbons (Fsp3) is 0.0833. The molecule has 0 spiro atoms. The van der Waals surface area contributed by atoms with Crippen molar-refractivity contribution in [2.75, 3.05) is 0 Å². The summed E-state index contributed by atoms with van der Waals surface area (Å²) in [5.74, 6) is 1.61. The molecule has 1 aromatic carbocycles. The van der Waals surface area contributed by atoms with Gasteiger partial charge >= 0.3 is 0 Å². The predicted octanol–water partition coefficient (Wildman–Crippen LogP) is 3.59. The van der Waals surface area contributed by atoms with Gasteiger partial charge in [0, 0.05) is 9.77 Å². The van der Waals surface area contributed by atoms with Crippen LogP contribution in [-0.4, -0.2) is 4.98 Å². The molecule has 1 aromatic heterocycles. The molecule has 0 aliphatic carbocycles. The maximum absolute atomic E-state index is 5.70. The third-order valence-corrected chi connectivity index (χ3v) is 2.55. The highest BCUT2D eigenvalue weighted by Crippen LogP contribution is 2.24. The van der Waals surface area contributed by atoms with Crippen molar-refractivity contribution in [2.45, 2.75) is 6.92 Å². The molecule has 0 amide bonds. The molecular formula is C12H9INO. The highest BCUT2D eigenvalue weighted by molar-refractivity contribution is 14.1. The molecule has 75 valence electrons. The van der Waals surface area contributed by atoms with Gasteiger partial charge in [0.1, 0.15) is 11.5 Å². The minimum Gasteiger partial charge on any atom is -0.455 e. The van der Waals surface area contributed by atoms with Crippen molar-refractivity contribution in [3.8, 4) is 11.5 Å². The lowest BCUT2D eigenvalue weighted by Crippen LogP contribution is -1.89. The van der Waals surface area contributed by atoms with Crippen LogP contribution in [0.3, 0.4) is 0 Å². The van der Waals surface area contributed by atoms with Gasteiger partial charge < -0.3 is 4.74 Å². The lowest BCUT2D eigenvalue weighted by Gasteiger charge is -2.07. The summed E-state index contributed by atoms with van der Waals surface area (Å²) in [6.07, 6.45) is 1.75. The first-order chi connectivity index (χ1) is 7.25. The van der Waals surface area contributed by atoms with Crippen LogP contribution in [0.2, 0.25) is 0 Å². The fourth-order valence-electron chi connectivity index (χ4n) is 1.19. The maximum Gasteiger partial charge on any atom is 0.148 e. The summed E-state index contributed by atoms with van der Waals surface area (Å²) in [5, 5.41) is 0. The molecule has 0 atom stereocenters. The third-order valence-electron chi connectivity index (χ3n) is 1.92. The van der Waals surface area contributed by atoms with Gasteiger partial charge in [0.05, 0.1) is 5.69 Å². The Morgan fingerprint density at radius 1 is 1.40 bits per heavy atom. The molecule has 0 aliphatic rings. The SMILES string of the molecule is Cc1ncccc1Oc1cc[c]c(I)c1. The fourth-order valence-corrected chi connectivity index (χ4v) is 1.67. The first kappa shape index (κ1) is 10.4. The monoisotopic (exact) mass is 310 g/mol. The van der Waals surface area contributed by atoms with Crippen molar-refractivity contribution >= 4 is 22.6 Å². The van der Waals surface area contributed by atoms with E-state index in [2.05, 4.69) is 33.6 Å². The molecule has 2 nitrogen and oxygen atoms in total. The van der Waals surface area contributed by atoms with Gasteiger partial charge in [-0.05, 0) is 65.9 Å². The summed E-state index contributed by atoms with van der Waals surface area (Å²) in [7, 11) is 0. The zero-order valence-electron chi connectivity index (χ0n) is 8.20. The van der Waals surface area contributed by atoms with Crippen LogP contribution < -0.4 is 4.74 Å². The van der Waals surface area contributed by atoms with Gasteiger partial charge in [-0.1, -0.05) is 0 Å². The average Bonchev–Trinajstić information content (AvgIpc) is 2.22. The summed E-state index contributed by atoms with van der Waals surface area (Å²) >= 11 is 2.21. The highest BCUT2D eigenvalue weighted by atomic mass is 127. The third kappa shape index (κ3) is 2.68. The van der Waals surface area contributed by atoms with E-state index in [1.54, 1.807) is 6.20 Å². The molecule has 15 heavy (non-hydrogen) atoms. The standard InChI is InChI=1S/C12H9INO/c1-9-12(6-3-7-14-9)15-11-5-2-4-10(13)8-11/h2-3,5-8H,1H3. The Bertz CT molecular complexity index is 471. The van der Waals surface area contributed by atoms with E-state index in [1.807, 2.05) is 37.3 Å². The van der Waals surface area contributed by atoms with Crippen LogP contribution in [0, 0.1) is 16.6 Å². The number of ether oxygens (including phenoxy) is 1. The van der Waals surface area contributed by atoms with Crippen molar-refractivity contribution in [2.24, 2.45) is 0 Å². The number of nitrogens with zero attached hydrogens (tertiary/aromatic N) is 1. The molecule has 1 radical (unpaired) electrons. The smallest absolute Gasteiger partial charge is 0.148 e. The van der Waals surface area contributed by atoms with Crippen LogP contribution >= 0.6 is 22.6 Å². The molecule has 1 heterocycles. The zero-order valence-corrected chi connectivity index (χ0v) is 10.4. The van der Waals surface area contributed by atoms with E-state index in [0.29, 0.717) is 0 Å². The van der Waals surface area contributed by atoms with Gasteiger partial charge in [-0.3, -0.25) is 4.98 Å². The molecular weight excluding hydrogens is 301 g/mol. The second-order valence-corrected chi connectivity index (χ2v) is 4.22. The molecule has 0 unspecified atom stereocenters. The number of hydrogen-bond donors (Lipinski definition) is 0. The second kappa shape index (κ2) is 4.61. The Morgan fingerprint density at radius 3 is 3.00 bits per heavy atom.